The summed E-state index contributed by atoms with van der Waals surface area (Å²) in [7, 11) is 0. The van der Waals surface area contributed by atoms with E-state index < -0.39 is 28.6 Å². The minimum atomic E-state index is -6.21. The van der Waals surface area contributed by atoms with Crippen LogP contribution in [0.25, 0.3) is 0 Å². The maximum Gasteiger partial charge on any atom is 0.436 e. The van der Waals surface area contributed by atoms with Gasteiger partial charge in [0.2, 0.25) is 5.91 Å². The van der Waals surface area contributed by atoms with Gasteiger partial charge in [-0.1, -0.05) is 36.9 Å². The molecule has 0 aromatic heterocycles. The van der Waals surface area contributed by atoms with Crippen LogP contribution >= 0.6 is 11.6 Å². The summed E-state index contributed by atoms with van der Waals surface area (Å²) in [5.41, 5.74) is -6.43. The zero-order chi connectivity index (χ0) is 23.5. The largest absolute Gasteiger partial charge is 0.436 e. The lowest BCUT2D eigenvalue weighted by atomic mass is 9.77. The number of likely N-dealkylation sites (tertiary alicyclic amines) is 1. The van der Waals surface area contributed by atoms with Crippen LogP contribution in [0.5, 0.6) is 0 Å². The van der Waals surface area contributed by atoms with E-state index in [4.69, 9.17) is 11.6 Å². The highest BCUT2D eigenvalue weighted by atomic mass is 35.5. The first kappa shape index (κ1) is 23.6. The molecule has 1 aromatic carbocycles. The standard InChI is InChI=1S/C22H23ClF7NO/c23-17-11-15-13(10-16(17)20(24,21(25,26)27)22(28,29)30)6-7-18-14(15)8-9-31(18)19(32)12-4-2-1-3-5-12/h10-12,14,18H,1-9H2. The third-order valence-corrected chi connectivity index (χ3v) is 7.59. The monoisotopic (exact) mass is 485 g/mol. The van der Waals surface area contributed by atoms with Gasteiger partial charge in [-0.15, -0.1) is 0 Å². The van der Waals surface area contributed by atoms with Crippen molar-refractivity contribution < 1.29 is 35.5 Å². The van der Waals surface area contributed by atoms with E-state index >= 15 is 0 Å². The van der Waals surface area contributed by atoms with Gasteiger partial charge in [0, 0.05) is 35.0 Å². The molecule has 178 valence electrons. The van der Waals surface area contributed by atoms with Crippen LogP contribution in [-0.2, 0) is 16.9 Å². The number of benzene rings is 1. The van der Waals surface area contributed by atoms with E-state index in [1.54, 1.807) is 0 Å². The summed E-state index contributed by atoms with van der Waals surface area (Å²) in [5, 5.41) is -0.904. The Morgan fingerprint density at radius 3 is 2.12 bits per heavy atom. The van der Waals surface area contributed by atoms with Crippen molar-refractivity contribution in [1.29, 1.82) is 0 Å². The topological polar surface area (TPSA) is 20.3 Å². The van der Waals surface area contributed by atoms with E-state index in [0.29, 0.717) is 31.0 Å². The van der Waals surface area contributed by atoms with Crippen molar-refractivity contribution >= 4 is 17.5 Å². The molecule has 1 saturated carbocycles. The highest BCUT2D eigenvalue weighted by Crippen LogP contribution is 2.56. The molecule has 0 spiro atoms. The molecule has 4 rings (SSSR count). The lowest BCUT2D eigenvalue weighted by Crippen LogP contribution is -2.50. The minimum absolute atomic E-state index is 0.0272. The Balaban J connectivity index is 1.66. The number of carbonyl (C=O) groups excluding carboxylic acids is 1. The first-order valence-electron chi connectivity index (χ1n) is 10.8. The van der Waals surface area contributed by atoms with Gasteiger partial charge in [0.15, 0.2) is 0 Å². The number of rotatable bonds is 2. The average Bonchev–Trinajstić information content (AvgIpc) is 3.16. The fourth-order valence-electron chi connectivity index (χ4n) is 5.66. The van der Waals surface area contributed by atoms with Gasteiger partial charge in [0.1, 0.15) is 0 Å². The predicted molar refractivity (Wildman–Crippen MR) is 104 cm³/mol. The van der Waals surface area contributed by atoms with E-state index in [2.05, 4.69) is 0 Å². The first-order valence-corrected chi connectivity index (χ1v) is 11.2. The Labute approximate surface area is 186 Å². The number of hydrogen-bond acceptors (Lipinski definition) is 1. The Kier molecular flexibility index (Phi) is 5.96. The van der Waals surface area contributed by atoms with Crippen LogP contribution in [-0.4, -0.2) is 35.7 Å². The van der Waals surface area contributed by atoms with Crippen molar-refractivity contribution in [2.24, 2.45) is 5.92 Å². The number of halogens is 8. The van der Waals surface area contributed by atoms with Gasteiger partial charge in [0.05, 0.1) is 0 Å². The van der Waals surface area contributed by atoms with E-state index in [0.717, 1.165) is 38.2 Å². The van der Waals surface area contributed by atoms with Crippen LogP contribution < -0.4 is 0 Å². The van der Waals surface area contributed by atoms with Crippen molar-refractivity contribution in [2.45, 2.75) is 81.3 Å². The van der Waals surface area contributed by atoms with Gasteiger partial charge < -0.3 is 4.90 Å². The fraction of sp³-hybridized carbons (Fsp3) is 0.682. The van der Waals surface area contributed by atoms with E-state index in [1.165, 1.54) is 0 Å². The first-order chi connectivity index (χ1) is 14.9. The molecule has 0 bridgehead atoms. The molecule has 0 radical (unpaired) electrons. The Morgan fingerprint density at radius 2 is 1.53 bits per heavy atom. The molecule has 1 saturated heterocycles. The Morgan fingerprint density at radius 1 is 0.906 bits per heavy atom. The zero-order valence-electron chi connectivity index (χ0n) is 17.1. The summed E-state index contributed by atoms with van der Waals surface area (Å²) in [6.07, 6.45) is -6.52. The summed E-state index contributed by atoms with van der Waals surface area (Å²) in [6.45, 7) is 0.488. The highest BCUT2D eigenvalue weighted by Gasteiger charge is 2.74. The number of amides is 1. The van der Waals surface area contributed by atoms with E-state index in [9.17, 15) is 35.5 Å². The summed E-state index contributed by atoms with van der Waals surface area (Å²) in [4.78, 5) is 14.9. The van der Waals surface area contributed by atoms with Crippen LogP contribution in [0.4, 0.5) is 30.7 Å². The van der Waals surface area contributed by atoms with Crippen LogP contribution in [0.1, 0.15) is 67.6 Å². The molecule has 1 aliphatic heterocycles. The zero-order valence-corrected chi connectivity index (χ0v) is 17.9. The van der Waals surface area contributed by atoms with Crippen LogP contribution in [0.2, 0.25) is 5.02 Å². The molecule has 2 aliphatic carbocycles. The van der Waals surface area contributed by atoms with Crippen molar-refractivity contribution in [3.05, 3.63) is 33.8 Å². The van der Waals surface area contributed by atoms with Gasteiger partial charge in [-0.3, -0.25) is 4.79 Å². The molecule has 2 atom stereocenters. The third-order valence-electron chi connectivity index (χ3n) is 7.27. The van der Waals surface area contributed by atoms with Crippen LogP contribution in [0.3, 0.4) is 0 Å². The maximum atomic E-state index is 14.6. The summed E-state index contributed by atoms with van der Waals surface area (Å²) >= 11 is 5.85. The van der Waals surface area contributed by atoms with Crippen molar-refractivity contribution in [2.75, 3.05) is 6.54 Å². The quantitative estimate of drug-likeness (QED) is 0.420. The van der Waals surface area contributed by atoms with Crippen LogP contribution in [0.15, 0.2) is 12.1 Å². The number of nitrogens with zero attached hydrogens (tertiary/aromatic N) is 1. The number of fused-ring (bicyclic) bond motifs is 3. The Bertz CT molecular complexity index is 877. The molecule has 2 unspecified atom stereocenters. The molecule has 2 fully saturated rings. The van der Waals surface area contributed by atoms with Gasteiger partial charge in [0.25, 0.3) is 0 Å². The maximum absolute atomic E-state index is 14.6. The normalized spacial score (nSPS) is 24.9. The summed E-state index contributed by atoms with van der Waals surface area (Å²) in [5.74, 6) is -0.176. The second-order valence-electron chi connectivity index (χ2n) is 9.05. The molecule has 32 heavy (non-hydrogen) atoms. The number of aryl methyl sites for hydroxylation is 1. The van der Waals surface area contributed by atoms with Gasteiger partial charge >= 0.3 is 18.0 Å². The minimum Gasteiger partial charge on any atom is -0.339 e. The third kappa shape index (κ3) is 3.68. The SMILES string of the molecule is O=C(C1CCCCC1)N1CCC2c3cc(Cl)c(C(F)(C(F)(F)F)C(F)(F)F)cc3CCC21. The Hall–Kier alpha value is -1.51. The molecular formula is C22H23ClF7NO. The molecule has 3 aliphatic rings. The van der Waals surface area contributed by atoms with Gasteiger partial charge in [-0.25, -0.2) is 4.39 Å². The molecule has 1 heterocycles. The van der Waals surface area contributed by atoms with Crippen LogP contribution in [0, 0.1) is 5.92 Å². The predicted octanol–water partition coefficient (Wildman–Crippen LogP) is 6.84. The van der Waals surface area contributed by atoms with Crippen molar-refractivity contribution in [3.63, 3.8) is 0 Å². The molecule has 10 heteroatoms. The molecule has 1 aromatic rings. The van der Waals surface area contributed by atoms with Crippen molar-refractivity contribution in [3.8, 4) is 0 Å². The summed E-state index contributed by atoms with van der Waals surface area (Å²) < 4.78 is 94.0. The smallest absolute Gasteiger partial charge is 0.339 e. The van der Waals surface area contributed by atoms with Crippen molar-refractivity contribution in [1.82, 2.24) is 4.90 Å². The molecule has 2 nitrogen and oxygen atoms in total. The average molecular weight is 486 g/mol. The lowest BCUT2D eigenvalue weighted by molar-refractivity contribution is -0.348. The van der Waals surface area contributed by atoms with Gasteiger partial charge in [-0.05, 0) is 49.3 Å². The second kappa shape index (κ2) is 8.06. The van der Waals surface area contributed by atoms with Gasteiger partial charge in [-0.2, -0.15) is 26.3 Å². The molecule has 0 N–H and O–H groups in total. The van der Waals surface area contributed by atoms with E-state index in [-0.39, 0.29) is 35.8 Å². The highest BCUT2D eigenvalue weighted by molar-refractivity contribution is 6.31. The number of carbonyl (C=O) groups is 1. The van der Waals surface area contributed by atoms with E-state index in [1.807, 2.05) is 4.90 Å². The lowest BCUT2D eigenvalue weighted by Gasteiger charge is -2.37. The second-order valence-corrected chi connectivity index (χ2v) is 9.46. The number of hydrogen-bond donors (Lipinski definition) is 0. The fourth-order valence-corrected chi connectivity index (χ4v) is 5.96. The number of alkyl halides is 7. The molecule has 1 amide bonds. The summed E-state index contributed by atoms with van der Waals surface area (Å²) in [6, 6.07) is 1.50. The molecular weight excluding hydrogens is 463 g/mol.